The Morgan fingerprint density at radius 3 is 2.29 bits per heavy atom. The summed E-state index contributed by atoms with van der Waals surface area (Å²) in [7, 11) is 0. The van der Waals surface area contributed by atoms with E-state index in [1.54, 1.807) is 23.5 Å². The lowest BCUT2D eigenvalue weighted by atomic mass is 9.95. The lowest BCUT2D eigenvalue weighted by molar-refractivity contribution is 0.0951. The summed E-state index contributed by atoms with van der Waals surface area (Å²) in [6, 6.07) is 18.9. The third-order valence-corrected chi connectivity index (χ3v) is 6.16. The number of carbonyl (C=O) groups excluding carboxylic acids is 2. The Kier molecular flexibility index (Phi) is 5.53. The highest BCUT2D eigenvalue weighted by atomic mass is 32.1. The lowest BCUT2D eigenvalue weighted by Crippen LogP contribution is -2.25. The fraction of sp³-hybridized carbons (Fsp3) is 0.217. The van der Waals surface area contributed by atoms with Gasteiger partial charge in [-0.15, -0.1) is 11.3 Å². The number of amides is 2. The van der Waals surface area contributed by atoms with Crippen molar-refractivity contribution in [1.29, 1.82) is 0 Å². The maximum Gasteiger partial charge on any atom is 0.256 e. The maximum absolute atomic E-state index is 13.0. The molecule has 2 amide bonds. The molecule has 4 nitrogen and oxygen atoms in total. The highest BCUT2D eigenvalue weighted by Gasteiger charge is 2.26. The van der Waals surface area contributed by atoms with Crippen LogP contribution < -0.4 is 10.6 Å². The minimum Gasteiger partial charge on any atom is -0.348 e. The summed E-state index contributed by atoms with van der Waals surface area (Å²) in [5.41, 5.74) is 3.38. The quantitative estimate of drug-likeness (QED) is 0.657. The number of aryl methyl sites for hydroxylation is 1. The van der Waals surface area contributed by atoms with E-state index >= 15 is 0 Å². The molecule has 0 saturated carbocycles. The summed E-state index contributed by atoms with van der Waals surface area (Å²) >= 11 is 1.54. The molecule has 0 fully saturated rings. The van der Waals surface area contributed by atoms with Crippen molar-refractivity contribution in [1.82, 2.24) is 5.32 Å². The number of hydrogen-bond donors (Lipinski definition) is 2. The molecule has 5 heteroatoms. The average Bonchev–Trinajstić information content (AvgIpc) is 3.11. The number of anilines is 1. The van der Waals surface area contributed by atoms with Crippen molar-refractivity contribution in [2.24, 2.45) is 0 Å². The van der Waals surface area contributed by atoms with Gasteiger partial charge in [-0.3, -0.25) is 9.59 Å². The largest absolute Gasteiger partial charge is 0.348 e. The summed E-state index contributed by atoms with van der Waals surface area (Å²) in [6.07, 6.45) is 4.07. The predicted molar refractivity (Wildman–Crippen MR) is 113 cm³/mol. The monoisotopic (exact) mass is 390 g/mol. The summed E-state index contributed by atoms with van der Waals surface area (Å²) in [5, 5.41) is 6.66. The highest BCUT2D eigenvalue weighted by molar-refractivity contribution is 7.17. The second kappa shape index (κ2) is 8.40. The molecule has 4 rings (SSSR count). The predicted octanol–water partition coefficient (Wildman–Crippen LogP) is 4.81. The summed E-state index contributed by atoms with van der Waals surface area (Å²) in [4.78, 5) is 26.9. The van der Waals surface area contributed by atoms with Gasteiger partial charge in [-0.1, -0.05) is 48.5 Å². The Balaban J connectivity index is 1.58. The molecule has 2 aromatic carbocycles. The van der Waals surface area contributed by atoms with E-state index in [1.807, 2.05) is 48.5 Å². The van der Waals surface area contributed by atoms with Crippen LogP contribution in [0, 0.1) is 0 Å². The van der Waals surface area contributed by atoms with Gasteiger partial charge in [0.2, 0.25) is 0 Å². The zero-order valence-electron chi connectivity index (χ0n) is 15.5. The molecule has 0 aliphatic heterocycles. The Bertz CT molecular complexity index is 981. The van der Waals surface area contributed by atoms with Crippen molar-refractivity contribution in [3.63, 3.8) is 0 Å². The Hall–Kier alpha value is -2.92. The first-order valence-corrected chi connectivity index (χ1v) is 10.4. The van der Waals surface area contributed by atoms with E-state index < -0.39 is 0 Å². The van der Waals surface area contributed by atoms with Crippen LogP contribution in [-0.4, -0.2) is 11.8 Å². The number of nitrogens with one attached hydrogen (secondary N) is 2. The normalized spacial score (nSPS) is 12.9. The number of benzene rings is 2. The zero-order valence-corrected chi connectivity index (χ0v) is 16.4. The topological polar surface area (TPSA) is 58.2 Å². The third kappa shape index (κ3) is 3.99. The number of thiophene rings is 1. The molecule has 0 bridgehead atoms. The first-order chi connectivity index (χ1) is 13.7. The molecular weight excluding hydrogens is 368 g/mol. The van der Waals surface area contributed by atoms with Crippen molar-refractivity contribution < 1.29 is 9.59 Å². The molecule has 3 aromatic rings. The first kappa shape index (κ1) is 18.4. The van der Waals surface area contributed by atoms with Gasteiger partial charge in [0, 0.05) is 17.0 Å². The van der Waals surface area contributed by atoms with Gasteiger partial charge in [0.25, 0.3) is 11.8 Å². The van der Waals surface area contributed by atoms with Crippen LogP contribution in [-0.2, 0) is 19.4 Å². The molecule has 1 aliphatic carbocycles. The summed E-state index contributed by atoms with van der Waals surface area (Å²) in [6.45, 7) is 0.469. The number of carbonyl (C=O) groups is 2. The van der Waals surface area contributed by atoms with Gasteiger partial charge in [-0.25, -0.2) is 0 Å². The minimum absolute atomic E-state index is 0.119. The van der Waals surface area contributed by atoms with Crippen LogP contribution in [0.4, 0.5) is 5.00 Å². The second-order valence-electron chi connectivity index (χ2n) is 6.90. The molecule has 1 aromatic heterocycles. The Morgan fingerprint density at radius 1 is 0.857 bits per heavy atom. The Morgan fingerprint density at radius 2 is 1.54 bits per heavy atom. The molecule has 1 aliphatic rings. The second-order valence-corrected chi connectivity index (χ2v) is 8.01. The van der Waals surface area contributed by atoms with Crippen molar-refractivity contribution in [3.05, 3.63) is 87.8 Å². The number of rotatable bonds is 5. The van der Waals surface area contributed by atoms with Crippen LogP contribution in [0.15, 0.2) is 60.7 Å². The average molecular weight is 391 g/mol. The lowest BCUT2D eigenvalue weighted by Gasteiger charge is -2.13. The van der Waals surface area contributed by atoms with Gasteiger partial charge in [0.05, 0.1) is 5.56 Å². The van der Waals surface area contributed by atoms with Gasteiger partial charge in [-0.05, 0) is 48.9 Å². The van der Waals surface area contributed by atoms with E-state index in [0.29, 0.717) is 22.7 Å². The molecule has 0 radical (unpaired) electrons. The van der Waals surface area contributed by atoms with Gasteiger partial charge in [-0.2, -0.15) is 0 Å². The molecule has 2 N–H and O–H groups in total. The van der Waals surface area contributed by atoms with Crippen LogP contribution in [0.5, 0.6) is 0 Å². The molecule has 0 saturated heterocycles. The number of hydrogen-bond acceptors (Lipinski definition) is 3. The molecule has 0 unspecified atom stereocenters. The summed E-state index contributed by atoms with van der Waals surface area (Å²) < 4.78 is 0. The molecular formula is C23H22N2O2S. The van der Waals surface area contributed by atoms with Crippen LogP contribution in [0.25, 0.3) is 0 Å². The molecule has 0 atom stereocenters. The van der Waals surface area contributed by atoms with Crippen molar-refractivity contribution in [3.8, 4) is 0 Å². The minimum atomic E-state index is -0.184. The standard InChI is InChI=1S/C23H22N2O2S/c26-21(17-11-5-2-6-12-17)25-23-20(18-13-7-8-14-19(18)28-23)22(27)24-15-16-9-3-1-4-10-16/h1-6,9-12H,7-8,13-15H2,(H,24,27)(H,25,26). The van der Waals surface area contributed by atoms with E-state index in [-0.39, 0.29) is 11.8 Å². The van der Waals surface area contributed by atoms with Crippen LogP contribution >= 0.6 is 11.3 Å². The van der Waals surface area contributed by atoms with E-state index in [1.165, 1.54) is 4.88 Å². The highest BCUT2D eigenvalue weighted by Crippen LogP contribution is 2.38. The van der Waals surface area contributed by atoms with E-state index in [4.69, 9.17) is 0 Å². The third-order valence-electron chi connectivity index (χ3n) is 4.96. The van der Waals surface area contributed by atoms with Gasteiger partial charge < -0.3 is 10.6 Å². The fourth-order valence-corrected chi connectivity index (χ4v) is 4.81. The SMILES string of the molecule is O=C(Nc1sc2c(c1C(=O)NCc1ccccc1)CCCC2)c1ccccc1. The molecule has 28 heavy (non-hydrogen) atoms. The maximum atomic E-state index is 13.0. The van der Waals surface area contributed by atoms with Crippen molar-refractivity contribution in [2.45, 2.75) is 32.2 Å². The van der Waals surface area contributed by atoms with Gasteiger partial charge in [0.1, 0.15) is 5.00 Å². The molecule has 0 spiro atoms. The molecule has 142 valence electrons. The smallest absolute Gasteiger partial charge is 0.256 e. The number of fused-ring (bicyclic) bond motifs is 1. The van der Waals surface area contributed by atoms with Crippen molar-refractivity contribution >= 4 is 28.2 Å². The van der Waals surface area contributed by atoms with Crippen LogP contribution in [0.1, 0.15) is 49.6 Å². The van der Waals surface area contributed by atoms with E-state index in [9.17, 15) is 9.59 Å². The van der Waals surface area contributed by atoms with Gasteiger partial charge in [0.15, 0.2) is 0 Å². The van der Waals surface area contributed by atoms with Gasteiger partial charge >= 0.3 is 0 Å². The molecule has 1 heterocycles. The van der Waals surface area contributed by atoms with E-state index in [2.05, 4.69) is 10.6 Å². The summed E-state index contributed by atoms with van der Waals surface area (Å²) in [5.74, 6) is -0.303. The Labute approximate surface area is 168 Å². The van der Waals surface area contributed by atoms with Crippen molar-refractivity contribution in [2.75, 3.05) is 5.32 Å². The van der Waals surface area contributed by atoms with Crippen LogP contribution in [0.2, 0.25) is 0 Å². The first-order valence-electron chi connectivity index (χ1n) is 9.55. The van der Waals surface area contributed by atoms with E-state index in [0.717, 1.165) is 36.8 Å². The fourth-order valence-electron chi connectivity index (χ4n) is 3.53. The van der Waals surface area contributed by atoms with Crippen LogP contribution in [0.3, 0.4) is 0 Å². The zero-order chi connectivity index (χ0) is 19.3.